The molecule has 3 rings (SSSR count). The number of amides is 1. The molecular weight excluding hydrogens is 296 g/mol. The van der Waals surface area contributed by atoms with Crippen LogP contribution in [-0.4, -0.2) is 19.0 Å². The zero-order valence-corrected chi connectivity index (χ0v) is 14.8. The van der Waals surface area contributed by atoms with Gasteiger partial charge in [-0.25, -0.2) is 0 Å². The first-order valence-corrected chi connectivity index (χ1v) is 8.78. The molecule has 3 nitrogen and oxygen atoms in total. The van der Waals surface area contributed by atoms with E-state index in [1.165, 1.54) is 22.4 Å². The molecule has 0 aromatic heterocycles. The molecule has 1 heterocycles. The van der Waals surface area contributed by atoms with Crippen LogP contribution in [0.5, 0.6) is 0 Å². The fourth-order valence-electron chi connectivity index (χ4n) is 3.45. The molecule has 1 aliphatic heterocycles. The number of fused-ring (bicyclic) bond motifs is 1. The first-order valence-electron chi connectivity index (χ1n) is 8.78. The first kappa shape index (κ1) is 16.6. The Balaban J connectivity index is 1.73. The van der Waals surface area contributed by atoms with Crippen molar-refractivity contribution in [2.45, 2.75) is 39.5 Å². The van der Waals surface area contributed by atoms with Crippen molar-refractivity contribution < 1.29 is 4.79 Å². The molecule has 0 aliphatic carbocycles. The van der Waals surface area contributed by atoms with Crippen LogP contribution < -0.4 is 10.2 Å². The van der Waals surface area contributed by atoms with E-state index in [4.69, 9.17) is 0 Å². The largest absolute Gasteiger partial charge is 0.362 e. The summed E-state index contributed by atoms with van der Waals surface area (Å²) in [4.78, 5) is 14.8. The number of carbonyl (C=O) groups excluding carboxylic acids is 1. The first-order chi connectivity index (χ1) is 11.5. The monoisotopic (exact) mass is 322 g/mol. The number of nitrogens with one attached hydrogen (secondary N) is 1. The third-order valence-corrected chi connectivity index (χ3v) is 4.64. The van der Waals surface area contributed by atoms with Crippen molar-refractivity contribution in [1.29, 1.82) is 0 Å². The summed E-state index contributed by atoms with van der Waals surface area (Å²) in [6, 6.07) is 14.6. The maximum atomic E-state index is 12.6. The third kappa shape index (κ3) is 3.61. The highest BCUT2D eigenvalue weighted by Crippen LogP contribution is 2.28. The van der Waals surface area contributed by atoms with Crippen molar-refractivity contribution in [1.82, 2.24) is 0 Å². The lowest BCUT2D eigenvalue weighted by atomic mass is 9.99. The van der Waals surface area contributed by atoms with E-state index in [-0.39, 0.29) is 5.91 Å². The van der Waals surface area contributed by atoms with Crippen LogP contribution in [0.3, 0.4) is 0 Å². The second-order valence-corrected chi connectivity index (χ2v) is 6.95. The number of rotatable bonds is 4. The van der Waals surface area contributed by atoms with Gasteiger partial charge in [-0.05, 0) is 48.9 Å². The van der Waals surface area contributed by atoms with Gasteiger partial charge in [0.25, 0.3) is 0 Å². The van der Waals surface area contributed by atoms with E-state index in [1.807, 2.05) is 18.2 Å². The second kappa shape index (κ2) is 7.08. The normalized spacial score (nSPS) is 13.8. The zero-order chi connectivity index (χ0) is 17.1. The van der Waals surface area contributed by atoms with Gasteiger partial charge in [0, 0.05) is 17.9 Å². The van der Waals surface area contributed by atoms with Crippen molar-refractivity contribution in [3.63, 3.8) is 0 Å². The Labute approximate surface area is 144 Å². The SMILES string of the molecule is Cc1ccc2c(c1)CCCN2CC(=O)Nc1ccccc1C(C)C. The van der Waals surface area contributed by atoms with Gasteiger partial charge >= 0.3 is 0 Å². The molecule has 2 aromatic rings. The van der Waals surface area contributed by atoms with Crippen LogP contribution >= 0.6 is 0 Å². The number of para-hydroxylation sites is 1. The van der Waals surface area contributed by atoms with Gasteiger partial charge in [0.15, 0.2) is 0 Å². The average molecular weight is 322 g/mol. The van der Waals surface area contributed by atoms with Gasteiger partial charge in [-0.2, -0.15) is 0 Å². The topological polar surface area (TPSA) is 32.3 Å². The van der Waals surface area contributed by atoms with E-state index in [0.717, 1.165) is 25.1 Å². The molecule has 0 fully saturated rings. The molecule has 2 aromatic carbocycles. The molecule has 0 unspecified atom stereocenters. The van der Waals surface area contributed by atoms with E-state index in [2.05, 4.69) is 55.3 Å². The molecule has 1 N–H and O–H groups in total. The molecule has 0 bridgehead atoms. The molecule has 0 atom stereocenters. The number of anilines is 2. The highest BCUT2D eigenvalue weighted by Gasteiger charge is 2.19. The summed E-state index contributed by atoms with van der Waals surface area (Å²) >= 11 is 0. The Hall–Kier alpha value is -2.29. The Kier molecular flexibility index (Phi) is 4.89. The fraction of sp³-hybridized carbons (Fsp3) is 0.381. The molecule has 0 saturated heterocycles. The van der Waals surface area contributed by atoms with Crippen molar-refractivity contribution >= 4 is 17.3 Å². The van der Waals surface area contributed by atoms with E-state index in [9.17, 15) is 4.79 Å². The Morgan fingerprint density at radius 1 is 1.21 bits per heavy atom. The number of carbonyl (C=O) groups is 1. The summed E-state index contributed by atoms with van der Waals surface area (Å²) < 4.78 is 0. The van der Waals surface area contributed by atoms with Gasteiger partial charge < -0.3 is 10.2 Å². The van der Waals surface area contributed by atoms with Crippen molar-refractivity contribution in [3.8, 4) is 0 Å². The quantitative estimate of drug-likeness (QED) is 0.898. The minimum Gasteiger partial charge on any atom is -0.362 e. The highest BCUT2D eigenvalue weighted by molar-refractivity contribution is 5.95. The lowest BCUT2D eigenvalue weighted by Crippen LogP contribution is -2.37. The van der Waals surface area contributed by atoms with Crippen LogP contribution in [0.25, 0.3) is 0 Å². The summed E-state index contributed by atoms with van der Waals surface area (Å²) in [6.07, 6.45) is 2.21. The van der Waals surface area contributed by atoms with E-state index < -0.39 is 0 Å². The number of hydrogen-bond acceptors (Lipinski definition) is 2. The number of nitrogens with zero attached hydrogens (tertiary/aromatic N) is 1. The summed E-state index contributed by atoms with van der Waals surface area (Å²) in [5.74, 6) is 0.441. The lowest BCUT2D eigenvalue weighted by molar-refractivity contribution is -0.115. The minimum absolute atomic E-state index is 0.0523. The molecule has 3 heteroatoms. The number of benzene rings is 2. The van der Waals surface area contributed by atoms with Gasteiger partial charge in [0.1, 0.15) is 0 Å². The van der Waals surface area contributed by atoms with Gasteiger partial charge in [0.2, 0.25) is 5.91 Å². The fourth-order valence-corrected chi connectivity index (χ4v) is 3.45. The predicted molar refractivity (Wildman–Crippen MR) is 101 cm³/mol. The zero-order valence-electron chi connectivity index (χ0n) is 14.8. The second-order valence-electron chi connectivity index (χ2n) is 6.95. The molecule has 0 spiro atoms. The van der Waals surface area contributed by atoms with Crippen LogP contribution in [0, 0.1) is 6.92 Å². The molecular formula is C21H26N2O. The summed E-state index contributed by atoms with van der Waals surface area (Å²) in [6.45, 7) is 7.76. The number of hydrogen-bond donors (Lipinski definition) is 1. The highest BCUT2D eigenvalue weighted by atomic mass is 16.2. The van der Waals surface area contributed by atoms with Crippen molar-refractivity contribution in [2.75, 3.05) is 23.3 Å². The summed E-state index contributed by atoms with van der Waals surface area (Å²) in [5, 5.41) is 3.10. The minimum atomic E-state index is 0.0523. The maximum absolute atomic E-state index is 12.6. The van der Waals surface area contributed by atoms with Crippen LogP contribution in [-0.2, 0) is 11.2 Å². The van der Waals surface area contributed by atoms with Crippen LogP contribution in [0.1, 0.15) is 42.9 Å². The predicted octanol–water partition coefficient (Wildman–Crippen LogP) is 4.51. The van der Waals surface area contributed by atoms with Crippen LogP contribution in [0.4, 0.5) is 11.4 Å². The molecule has 126 valence electrons. The Morgan fingerprint density at radius 2 is 2.00 bits per heavy atom. The molecule has 24 heavy (non-hydrogen) atoms. The standard InChI is InChI=1S/C21H26N2O/c1-15(2)18-8-4-5-9-19(18)22-21(24)14-23-12-6-7-17-13-16(3)10-11-20(17)23/h4-5,8-11,13,15H,6-7,12,14H2,1-3H3,(H,22,24). The number of aryl methyl sites for hydroxylation is 2. The molecule has 1 aliphatic rings. The van der Waals surface area contributed by atoms with Gasteiger partial charge in [-0.1, -0.05) is 49.7 Å². The van der Waals surface area contributed by atoms with Gasteiger partial charge in [-0.3, -0.25) is 4.79 Å². The van der Waals surface area contributed by atoms with Crippen LogP contribution in [0.2, 0.25) is 0 Å². The summed E-state index contributed by atoms with van der Waals surface area (Å²) in [5.41, 5.74) is 5.96. The van der Waals surface area contributed by atoms with E-state index in [0.29, 0.717) is 12.5 Å². The van der Waals surface area contributed by atoms with Crippen molar-refractivity contribution in [3.05, 3.63) is 59.2 Å². The Bertz CT molecular complexity index is 736. The Morgan fingerprint density at radius 3 is 2.79 bits per heavy atom. The van der Waals surface area contributed by atoms with Crippen molar-refractivity contribution in [2.24, 2.45) is 0 Å². The van der Waals surface area contributed by atoms with Gasteiger partial charge in [-0.15, -0.1) is 0 Å². The lowest BCUT2D eigenvalue weighted by Gasteiger charge is -2.31. The third-order valence-electron chi connectivity index (χ3n) is 4.64. The van der Waals surface area contributed by atoms with Crippen LogP contribution in [0.15, 0.2) is 42.5 Å². The average Bonchev–Trinajstić information content (AvgIpc) is 2.55. The molecule has 1 amide bonds. The molecule has 0 radical (unpaired) electrons. The smallest absolute Gasteiger partial charge is 0.243 e. The molecule has 0 saturated carbocycles. The van der Waals surface area contributed by atoms with Gasteiger partial charge in [0.05, 0.1) is 6.54 Å². The summed E-state index contributed by atoms with van der Waals surface area (Å²) in [7, 11) is 0. The van der Waals surface area contributed by atoms with E-state index in [1.54, 1.807) is 0 Å². The van der Waals surface area contributed by atoms with E-state index >= 15 is 0 Å². The maximum Gasteiger partial charge on any atom is 0.243 e.